The SMILES string of the molecule is COC1C=C(CC(C)N)C=CC1Cl. The second-order valence-corrected chi connectivity index (χ2v) is 3.93. The fourth-order valence-electron chi connectivity index (χ4n) is 1.39. The molecule has 2 N–H and O–H groups in total. The maximum absolute atomic E-state index is 6.00. The van der Waals surface area contributed by atoms with Gasteiger partial charge in [-0.3, -0.25) is 0 Å². The summed E-state index contributed by atoms with van der Waals surface area (Å²) >= 11 is 6.00. The molecule has 3 heteroatoms. The zero-order valence-electron chi connectivity index (χ0n) is 8.03. The Kier molecular flexibility index (Phi) is 3.97. The number of halogens is 1. The van der Waals surface area contributed by atoms with Gasteiger partial charge < -0.3 is 10.5 Å². The third-order valence-corrected chi connectivity index (χ3v) is 2.41. The van der Waals surface area contributed by atoms with Crippen LogP contribution in [0.3, 0.4) is 0 Å². The molecule has 0 bridgehead atoms. The van der Waals surface area contributed by atoms with Crippen LogP contribution in [0.25, 0.3) is 0 Å². The first-order valence-corrected chi connectivity index (χ1v) is 4.88. The molecule has 0 aromatic rings. The summed E-state index contributed by atoms with van der Waals surface area (Å²) in [5.74, 6) is 0. The summed E-state index contributed by atoms with van der Waals surface area (Å²) < 4.78 is 5.21. The van der Waals surface area contributed by atoms with Gasteiger partial charge in [-0.05, 0) is 18.9 Å². The maximum Gasteiger partial charge on any atom is 0.0956 e. The van der Waals surface area contributed by atoms with E-state index in [1.807, 2.05) is 25.2 Å². The molecule has 0 radical (unpaired) electrons. The van der Waals surface area contributed by atoms with Crippen LogP contribution in [0.15, 0.2) is 23.8 Å². The number of ether oxygens (including phenoxy) is 1. The average Bonchev–Trinajstić information content (AvgIpc) is 2.07. The van der Waals surface area contributed by atoms with E-state index < -0.39 is 0 Å². The molecule has 0 aromatic carbocycles. The normalized spacial score (nSPS) is 30.0. The predicted octanol–water partition coefficient (Wildman–Crippen LogP) is 1.84. The molecule has 0 aromatic heterocycles. The lowest BCUT2D eigenvalue weighted by molar-refractivity contribution is 0.144. The van der Waals surface area contributed by atoms with Crippen LogP contribution in [0.1, 0.15) is 13.3 Å². The van der Waals surface area contributed by atoms with Crippen molar-refractivity contribution in [1.82, 2.24) is 0 Å². The van der Waals surface area contributed by atoms with Crippen molar-refractivity contribution < 1.29 is 4.74 Å². The fraction of sp³-hybridized carbons (Fsp3) is 0.600. The zero-order chi connectivity index (χ0) is 9.84. The molecule has 0 saturated carbocycles. The molecule has 1 aliphatic rings. The van der Waals surface area contributed by atoms with Crippen molar-refractivity contribution in [2.75, 3.05) is 7.11 Å². The van der Waals surface area contributed by atoms with E-state index in [0.717, 1.165) is 6.42 Å². The van der Waals surface area contributed by atoms with Gasteiger partial charge >= 0.3 is 0 Å². The van der Waals surface area contributed by atoms with Crippen LogP contribution in [0.2, 0.25) is 0 Å². The van der Waals surface area contributed by atoms with Crippen LogP contribution < -0.4 is 5.73 Å². The largest absolute Gasteiger partial charge is 0.375 e. The Labute approximate surface area is 84.4 Å². The van der Waals surface area contributed by atoms with Crippen LogP contribution in [0, 0.1) is 0 Å². The second kappa shape index (κ2) is 4.80. The molecule has 0 spiro atoms. The highest BCUT2D eigenvalue weighted by Crippen LogP contribution is 2.20. The van der Waals surface area contributed by atoms with Gasteiger partial charge in [-0.2, -0.15) is 0 Å². The van der Waals surface area contributed by atoms with E-state index in [-0.39, 0.29) is 17.5 Å². The molecule has 0 saturated heterocycles. The van der Waals surface area contributed by atoms with Crippen LogP contribution in [0.5, 0.6) is 0 Å². The summed E-state index contributed by atoms with van der Waals surface area (Å²) in [5, 5.41) is -0.0539. The number of nitrogens with two attached hydrogens (primary N) is 1. The Balaban J connectivity index is 2.61. The first-order chi connectivity index (χ1) is 6.13. The van der Waals surface area contributed by atoms with Crippen molar-refractivity contribution in [2.45, 2.75) is 30.9 Å². The monoisotopic (exact) mass is 201 g/mol. The van der Waals surface area contributed by atoms with Gasteiger partial charge in [0.1, 0.15) is 0 Å². The third kappa shape index (κ3) is 3.14. The molecule has 2 nitrogen and oxygen atoms in total. The average molecular weight is 202 g/mol. The Morgan fingerprint density at radius 1 is 1.69 bits per heavy atom. The Morgan fingerprint density at radius 2 is 2.38 bits per heavy atom. The first kappa shape index (κ1) is 10.8. The highest BCUT2D eigenvalue weighted by molar-refractivity contribution is 6.22. The van der Waals surface area contributed by atoms with Crippen LogP contribution in [0.4, 0.5) is 0 Å². The van der Waals surface area contributed by atoms with Crippen molar-refractivity contribution in [2.24, 2.45) is 5.73 Å². The summed E-state index contributed by atoms with van der Waals surface area (Å²) in [4.78, 5) is 0. The van der Waals surface area contributed by atoms with Crippen LogP contribution in [-0.4, -0.2) is 24.6 Å². The van der Waals surface area contributed by atoms with Gasteiger partial charge in [0, 0.05) is 13.2 Å². The molecule has 0 amide bonds. The van der Waals surface area contributed by atoms with E-state index in [4.69, 9.17) is 22.1 Å². The van der Waals surface area contributed by atoms with Crippen molar-refractivity contribution in [1.29, 1.82) is 0 Å². The van der Waals surface area contributed by atoms with Gasteiger partial charge in [0.2, 0.25) is 0 Å². The van der Waals surface area contributed by atoms with E-state index in [1.54, 1.807) is 7.11 Å². The van der Waals surface area contributed by atoms with Gasteiger partial charge in [-0.25, -0.2) is 0 Å². The quantitative estimate of drug-likeness (QED) is 0.708. The zero-order valence-corrected chi connectivity index (χ0v) is 8.79. The molecule has 3 unspecified atom stereocenters. The number of allylic oxidation sites excluding steroid dienone is 1. The van der Waals surface area contributed by atoms with E-state index in [0.29, 0.717) is 0 Å². The second-order valence-electron chi connectivity index (χ2n) is 3.43. The van der Waals surface area contributed by atoms with Crippen LogP contribution >= 0.6 is 11.6 Å². The topological polar surface area (TPSA) is 35.2 Å². The highest BCUT2D eigenvalue weighted by Gasteiger charge is 2.18. The predicted molar refractivity (Wildman–Crippen MR) is 55.9 cm³/mol. The molecule has 74 valence electrons. The number of rotatable bonds is 3. The summed E-state index contributed by atoms with van der Waals surface area (Å²) in [5.41, 5.74) is 6.90. The summed E-state index contributed by atoms with van der Waals surface area (Å²) in [6.45, 7) is 1.99. The summed E-state index contributed by atoms with van der Waals surface area (Å²) in [6.07, 6.45) is 6.88. The molecular formula is C10H16ClNO. The third-order valence-electron chi connectivity index (χ3n) is 2.02. The van der Waals surface area contributed by atoms with E-state index in [1.165, 1.54) is 5.57 Å². The van der Waals surface area contributed by atoms with Crippen molar-refractivity contribution in [3.8, 4) is 0 Å². The molecule has 0 heterocycles. The molecular weight excluding hydrogens is 186 g/mol. The summed E-state index contributed by atoms with van der Waals surface area (Å²) in [7, 11) is 1.67. The van der Waals surface area contributed by atoms with Crippen molar-refractivity contribution in [3.05, 3.63) is 23.8 Å². The standard InChI is InChI=1S/C10H16ClNO/c1-7(12)5-8-3-4-9(11)10(6-8)13-2/h3-4,6-7,9-10H,5,12H2,1-2H3. The molecule has 1 rings (SSSR count). The molecule has 1 aliphatic carbocycles. The van der Waals surface area contributed by atoms with Gasteiger partial charge in [0.25, 0.3) is 0 Å². The van der Waals surface area contributed by atoms with Gasteiger partial charge in [-0.1, -0.05) is 18.2 Å². The Morgan fingerprint density at radius 3 is 2.92 bits per heavy atom. The number of hydrogen-bond acceptors (Lipinski definition) is 2. The lowest BCUT2D eigenvalue weighted by Crippen LogP contribution is -2.23. The highest BCUT2D eigenvalue weighted by atomic mass is 35.5. The van der Waals surface area contributed by atoms with E-state index in [9.17, 15) is 0 Å². The molecule has 13 heavy (non-hydrogen) atoms. The molecule has 0 aliphatic heterocycles. The number of methoxy groups -OCH3 is 1. The van der Waals surface area contributed by atoms with Crippen LogP contribution in [-0.2, 0) is 4.74 Å². The lowest BCUT2D eigenvalue weighted by Gasteiger charge is -2.20. The van der Waals surface area contributed by atoms with E-state index in [2.05, 4.69) is 0 Å². The number of alkyl halides is 1. The molecule has 0 fully saturated rings. The lowest BCUT2D eigenvalue weighted by atomic mass is 9.99. The smallest absolute Gasteiger partial charge is 0.0956 e. The fourth-order valence-corrected chi connectivity index (χ4v) is 1.64. The first-order valence-electron chi connectivity index (χ1n) is 4.45. The van der Waals surface area contributed by atoms with E-state index >= 15 is 0 Å². The van der Waals surface area contributed by atoms with Crippen molar-refractivity contribution >= 4 is 11.6 Å². The molecule has 3 atom stereocenters. The Hall–Kier alpha value is -0.310. The Bertz CT molecular complexity index is 223. The number of hydrogen-bond donors (Lipinski definition) is 1. The van der Waals surface area contributed by atoms with Gasteiger partial charge in [0.05, 0.1) is 11.5 Å². The minimum Gasteiger partial charge on any atom is -0.375 e. The van der Waals surface area contributed by atoms with Gasteiger partial charge in [0.15, 0.2) is 0 Å². The van der Waals surface area contributed by atoms with Gasteiger partial charge in [-0.15, -0.1) is 11.6 Å². The maximum atomic E-state index is 6.00. The summed E-state index contributed by atoms with van der Waals surface area (Å²) in [6, 6.07) is 0.181. The van der Waals surface area contributed by atoms with Crippen molar-refractivity contribution in [3.63, 3.8) is 0 Å². The minimum atomic E-state index is -0.0539. The minimum absolute atomic E-state index is 0.0135.